The van der Waals surface area contributed by atoms with Crippen molar-refractivity contribution >= 4 is 17.2 Å². The Balaban J connectivity index is 1.68. The monoisotopic (exact) mass is 409 g/mol. The van der Waals surface area contributed by atoms with Crippen molar-refractivity contribution in [1.29, 1.82) is 0 Å². The maximum absolute atomic E-state index is 13.3. The van der Waals surface area contributed by atoms with Gasteiger partial charge in [-0.2, -0.15) is 13.2 Å². The normalized spacial score (nSPS) is 11.6. The maximum Gasteiger partial charge on any atom is 0.417 e. The van der Waals surface area contributed by atoms with E-state index in [1.165, 1.54) is 18.2 Å². The third-order valence-electron chi connectivity index (χ3n) is 4.87. The van der Waals surface area contributed by atoms with Crippen molar-refractivity contribution in [2.75, 3.05) is 5.32 Å². The third-order valence-corrected chi connectivity index (χ3v) is 4.87. The summed E-state index contributed by atoms with van der Waals surface area (Å²) >= 11 is 0. The zero-order valence-electron chi connectivity index (χ0n) is 16.3. The summed E-state index contributed by atoms with van der Waals surface area (Å²) in [5, 5.41) is 2.62. The van der Waals surface area contributed by atoms with Gasteiger partial charge >= 0.3 is 6.18 Å². The van der Waals surface area contributed by atoms with Gasteiger partial charge in [-0.3, -0.25) is 4.79 Å². The molecular formula is C23H18F3N3O. The number of aryl methyl sites for hydroxylation is 2. The minimum absolute atomic E-state index is 0.419. The number of hydrogen-bond donors (Lipinski definition) is 1. The summed E-state index contributed by atoms with van der Waals surface area (Å²) < 4.78 is 41.6. The van der Waals surface area contributed by atoms with Crippen LogP contribution in [0.15, 0.2) is 67.0 Å². The minimum Gasteiger partial charge on any atom is -0.322 e. The van der Waals surface area contributed by atoms with Crippen molar-refractivity contribution in [1.82, 2.24) is 9.38 Å². The quantitative estimate of drug-likeness (QED) is 0.459. The molecule has 4 rings (SSSR count). The molecule has 0 aliphatic heterocycles. The lowest BCUT2D eigenvalue weighted by Gasteiger charge is -2.14. The fraction of sp³-hybridized carbons (Fsp3) is 0.130. The summed E-state index contributed by atoms with van der Waals surface area (Å²) in [6.07, 6.45) is -0.838. The number of pyridine rings is 1. The molecule has 152 valence electrons. The average molecular weight is 409 g/mol. The molecule has 0 radical (unpaired) electrons. The molecule has 0 atom stereocenters. The number of alkyl halides is 3. The first-order valence-corrected chi connectivity index (χ1v) is 9.26. The van der Waals surface area contributed by atoms with Gasteiger partial charge in [-0.25, -0.2) is 4.98 Å². The van der Waals surface area contributed by atoms with Gasteiger partial charge in [0.25, 0.3) is 5.91 Å². The number of rotatable bonds is 3. The molecule has 0 saturated carbocycles. The standard InChI is InChI=1S/C23H18F3N3O/c1-14-9-10-29-13-20(27-21(29)11-14)16-8-7-15(2)19(12-16)28-22(30)17-5-3-4-6-18(17)23(24,25)26/h3-13H,1-2H3,(H,28,30). The largest absolute Gasteiger partial charge is 0.417 e. The van der Waals surface area contributed by atoms with E-state index in [-0.39, 0.29) is 0 Å². The Morgan fingerprint density at radius 1 is 1.03 bits per heavy atom. The van der Waals surface area contributed by atoms with E-state index < -0.39 is 23.2 Å². The highest BCUT2D eigenvalue weighted by Crippen LogP contribution is 2.33. The Kier molecular flexibility index (Phi) is 4.81. The lowest BCUT2D eigenvalue weighted by atomic mass is 10.0. The van der Waals surface area contributed by atoms with Crippen LogP contribution in [0.1, 0.15) is 27.0 Å². The minimum atomic E-state index is -4.61. The predicted molar refractivity (Wildman–Crippen MR) is 109 cm³/mol. The van der Waals surface area contributed by atoms with Gasteiger partial charge in [0, 0.05) is 23.6 Å². The van der Waals surface area contributed by atoms with Crippen molar-refractivity contribution in [3.8, 4) is 11.3 Å². The summed E-state index contributed by atoms with van der Waals surface area (Å²) in [6.45, 7) is 3.76. The third kappa shape index (κ3) is 3.78. The van der Waals surface area contributed by atoms with E-state index >= 15 is 0 Å². The van der Waals surface area contributed by atoms with Gasteiger partial charge in [0.15, 0.2) is 0 Å². The lowest BCUT2D eigenvalue weighted by Crippen LogP contribution is -2.19. The number of halogens is 3. The molecule has 4 aromatic rings. The molecule has 1 N–H and O–H groups in total. The van der Waals surface area contributed by atoms with Crippen LogP contribution >= 0.6 is 0 Å². The first-order valence-electron chi connectivity index (χ1n) is 9.26. The van der Waals surface area contributed by atoms with E-state index in [0.29, 0.717) is 11.4 Å². The molecule has 1 amide bonds. The summed E-state index contributed by atoms with van der Waals surface area (Å²) in [4.78, 5) is 17.2. The van der Waals surface area contributed by atoms with Crippen LogP contribution in [-0.2, 0) is 6.18 Å². The number of imidazole rings is 1. The van der Waals surface area contributed by atoms with Crippen molar-refractivity contribution in [2.24, 2.45) is 0 Å². The van der Waals surface area contributed by atoms with Gasteiger partial charge in [-0.15, -0.1) is 0 Å². The van der Waals surface area contributed by atoms with Crippen LogP contribution in [0.2, 0.25) is 0 Å². The number of carbonyl (C=O) groups is 1. The lowest BCUT2D eigenvalue weighted by molar-refractivity contribution is -0.137. The average Bonchev–Trinajstić information content (AvgIpc) is 3.12. The Hall–Kier alpha value is -3.61. The number of amides is 1. The van der Waals surface area contributed by atoms with Gasteiger partial charge in [-0.1, -0.05) is 24.3 Å². The van der Waals surface area contributed by atoms with E-state index in [9.17, 15) is 18.0 Å². The van der Waals surface area contributed by atoms with Gasteiger partial charge in [0.1, 0.15) is 5.65 Å². The number of nitrogens with one attached hydrogen (secondary N) is 1. The summed E-state index contributed by atoms with van der Waals surface area (Å²) in [6, 6.07) is 14.0. The van der Waals surface area contributed by atoms with Crippen LogP contribution < -0.4 is 5.32 Å². The summed E-state index contributed by atoms with van der Waals surface area (Å²) in [7, 11) is 0. The van der Waals surface area contributed by atoms with Crippen LogP contribution in [0.4, 0.5) is 18.9 Å². The Morgan fingerprint density at radius 2 is 1.80 bits per heavy atom. The second-order valence-electron chi connectivity index (χ2n) is 7.12. The van der Waals surface area contributed by atoms with E-state index in [2.05, 4.69) is 10.3 Å². The topological polar surface area (TPSA) is 46.4 Å². The summed E-state index contributed by atoms with van der Waals surface area (Å²) in [5.41, 5.74) is 3.10. The molecule has 0 unspecified atom stereocenters. The first kappa shape index (κ1) is 19.7. The van der Waals surface area contributed by atoms with Crippen molar-refractivity contribution in [3.63, 3.8) is 0 Å². The molecule has 7 heteroatoms. The Labute approximate surface area is 171 Å². The highest BCUT2D eigenvalue weighted by atomic mass is 19.4. The molecule has 0 fully saturated rings. The summed E-state index contributed by atoms with van der Waals surface area (Å²) in [5.74, 6) is -0.811. The maximum atomic E-state index is 13.3. The Bertz CT molecular complexity index is 1260. The molecular weight excluding hydrogens is 391 g/mol. The number of nitrogens with zero attached hydrogens (tertiary/aromatic N) is 2. The molecule has 30 heavy (non-hydrogen) atoms. The van der Waals surface area contributed by atoms with E-state index in [4.69, 9.17) is 0 Å². The molecule has 0 bridgehead atoms. The van der Waals surface area contributed by atoms with Crippen molar-refractivity contribution in [3.05, 3.63) is 89.2 Å². The predicted octanol–water partition coefficient (Wildman–Crippen LogP) is 5.89. The van der Waals surface area contributed by atoms with Crippen LogP contribution in [0.5, 0.6) is 0 Å². The second-order valence-corrected chi connectivity index (χ2v) is 7.12. The first-order chi connectivity index (χ1) is 14.2. The van der Waals surface area contributed by atoms with Gasteiger partial charge < -0.3 is 9.72 Å². The van der Waals surface area contributed by atoms with Crippen molar-refractivity contribution in [2.45, 2.75) is 20.0 Å². The zero-order chi connectivity index (χ0) is 21.5. The fourth-order valence-electron chi connectivity index (χ4n) is 3.26. The molecule has 2 heterocycles. The SMILES string of the molecule is Cc1ccn2cc(-c3ccc(C)c(NC(=O)c4ccccc4C(F)(F)F)c3)nc2c1. The van der Waals surface area contributed by atoms with Gasteiger partial charge in [0.2, 0.25) is 0 Å². The van der Waals surface area contributed by atoms with Crippen LogP contribution in [0.25, 0.3) is 16.9 Å². The molecule has 2 aromatic carbocycles. The molecule has 0 spiro atoms. The van der Waals surface area contributed by atoms with Gasteiger partial charge in [-0.05, 0) is 55.3 Å². The number of hydrogen-bond acceptors (Lipinski definition) is 2. The fourth-order valence-corrected chi connectivity index (χ4v) is 3.26. The molecule has 4 nitrogen and oxygen atoms in total. The zero-order valence-corrected chi connectivity index (χ0v) is 16.3. The number of anilines is 1. The van der Waals surface area contributed by atoms with Crippen LogP contribution in [0.3, 0.4) is 0 Å². The van der Waals surface area contributed by atoms with E-state index in [1.54, 1.807) is 19.1 Å². The second kappa shape index (κ2) is 7.33. The molecule has 0 aliphatic carbocycles. The number of fused-ring (bicyclic) bond motifs is 1. The number of carbonyl (C=O) groups excluding carboxylic acids is 1. The molecule has 0 aliphatic rings. The number of aromatic nitrogens is 2. The van der Waals surface area contributed by atoms with E-state index in [1.807, 2.05) is 41.9 Å². The Morgan fingerprint density at radius 3 is 2.57 bits per heavy atom. The molecule has 0 saturated heterocycles. The van der Waals surface area contributed by atoms with E-state index in [0.717, 1.165) is 28.4 Å². The number of benzene rings is 2. The van der Waals surface area contributed by atoms with Crippen LogP contribution in [-0.4, -0.2) is 15.3 Å². The van der Waals surface area contributed by atoms with Gasteiger partial charge in [0.05, 0.1) is 16.8 Å². The van der Waals surface area contributed by atoms with Crippen LogP contribution in [0, 0.1) is 13.8 Å². The highest BCUT2D eigenvalue weighted by molar-refractivity contribution is 6.06. The smallest absolute Gasteiger partial charge is 0.322 e. The van der Waals surface area contributed by atoms with Crippen molar-refractivity contribution < 1.29 is 18.0 Å². The highest BCUT2D eigenvalue weighted by Gasteiger charge is 2.34. The molecule has 2 aromatic heterocycles.